The minimum Gasteiger partial charge on any atom is -0.481 e. The normalized spacial score (nSPS) is 20.6. The minimum atomic E-state index is -3.60. The van der Waals surface area contributed by atoms with Crippen LogP contribution in [0.5, 0.6) is 0 Å². The first-order valence-corrected chi connectivity index (χ1v) is 8.05. The summed E-state index contributed by atoms with van der Waals surface area (Å²) in [6.07, 6.45) is 0.365. The van der Waals surface area contributed by atoms with Gasteiger partial charge in [-0.15, -0.1) is 0 Å². The zero-order chi connectivity index (χ0) is 14.2. The van der Waals surface area contributed by atoms with E-state index in [1.54, 1.807) is 12.1 Å². The third-order valence-corrected chi connectivity index (χ3v) is 6.02. The number of halogens is 1. The molecular weight excluding hydrogens is 334 g/mol. The molecule has 1 aromatic rings. The van der Waals surface area contributed by atoms with Crippen molar-refractivity contribution in [3.63, 3.8) is 0 Å². The molecule has 19 heavy (non-hydrogen) atoms. The van der Waals surface area contributed by atoms with Gasteiger partial charge < -0.3 is 5.11 Å². The van der Waals surface area contributed by atoms with Crippen molar-refractivity contribution in [2.24, 2.45) is 5.92 Å². The van der Waals surface area contributed by atoms with Crippen LogP contribution in [0.4, 0.5) is 0 Å². The molecule has 1 aliphatic rings. The van der Waals surface area contributed by atoms with Crippen molar-refractivity contribution in [1.82, 2.24) is 4.31 Å². The van der Waals surface area contributed by atoms with E-state index in [1.807, 2.05) is 6.92 Å². The van der Waals surface area contributed by atoms with E-state index in [0.717, 1.165) is 10.0 Å². The van der Waals surface area contributed by atoms with Crippen LogP contribution in [0.15, 0.2) is 27.6 Å². The molecule has 5 nitrogen and oxygen atoms in total. The number of nitrogens with zero attached hydrogens (tertiary/aromatic N) is 1. The first-order chi connectivity index (χ1) is 8.82. The second-order valence-corrected chi connectivity index (χ2v) is 7.39. The van der Waals surface area contributed by atoms with Crippen molar-refractivity contribution < 1.29 is 18.3 Å². The Kier molecular flexibility index (Phi) is 3.98. The molecule has 0 bridgehead atoms. The van der Waals surface area contributed by atoms with Crippen molar-refractivity contribution in [1.29, 1.82) is 0 Å². The van der Waals surface area contributed by atoms with Gasteiger partial charge in [0.25, 0.3) is 0 Å². The van der Waals surface area contributed by atoms with Gasteiger partial charge in [0.05, 0.1) is 10.8 Å². The zero-order valence-corrected chi connectivity index (χ0v) is 12.7. The molecule has 1 aliphatic heterocycles. The third-order valence-electron chi connectivity index (χ3n) is 3.27. The largest absolute Gasteiger partial charge is 0.481 e. The second kappa shape index (κ2) is 5.22. The average Bonchev–Trinajstić information content (AvgIpc) is 2.82. The first-order valence-electron chi connectivity index (χ1n) is 5.81. The van der Waals surface area contributed by atoms with Gasteiger partial charge in [-0.3, -0.25) is 4.79 Å². The predicted octanol–water partition coefficient (Wildman–Crippen LogP) is 1.85. The molecule has 1 aromatic carbocycles. The summed E-state index contributed by atoms with van der Waals surface area (Å²) in [7, 11) is -3.60. The molecule has 1 fully saturated rings. The Hall–Kier alpha value is -0.920. The fourth-order valence-corrected chi connectivity index (χ4v) is 3.91. The van der Waals surface area contributed by atoms with E-state index in [4.69, 9.17) is 5.11 Å². The summed E-state index contributed by atoms with van der Waals surface area (Å²) in [6, 6.07) is 4.81. The lowest BCUT2D eigenvalue weighted by atomic mass is 10.1. The molecule has 1 N–H and O–H groups in total. The van der Waals surface area contributed by atoms with Crippen LogP contribution in [-0.4, -0.2) is 36.9 Å². The summed E-state index contributed by atoms with van der Waals surface area (Å²) < 4.78 is 26.9. The molecule has 104 valence electrons. The standard InChI is InChI=1S/C12H14BrNO4S/c1-8-6-10(2-3-11(8)13)19(17,18)14-5-4-9(7-14)12(15)16/h2-3,6,9H,4-5,7H2,1H3,(H,15,16)/t9-/m1/s1. The molecule has 2 rings (SSSR count). The molecular formula is C12H14BrNO4S. The number of rotatable bonds is 3. The van der Waals surface area contributed by atoms with E-state index < -0.39 is 21.9 Å². The Morgan fingerprint density at radius 2 is 2.16 bits per heavy atom. The maximum Gasteiger partial charge on any atom is 0.307 e. The highest BCUT2D eigenvalue weighted by atomic mass is 79.9. The number of hydrogen-bond donors (Lipinski definition) is 1. The number of carbonyl (C=O) groups is 1. The number of aliphatic carboxylic acids is 1. The van der Waals surface area contributed by atoms with Crippen LogP contribution in [0.25, 0.3) is 0 Å². The Morgan fingerprint density at radius 1 is 1.47 bits per heavy atom. The number of hydrogen-bond acceptors (Lipinski definition) is 3. The molecule has 0 aliphatic carbocycles. The Balaban J connectivity index is 2.28. The highest BCUT2D eigenvalue weighted by molar-refractivity contribution is 9.10. The highest BCUT2D eigenvalue weighted by Crippen LogP contribution is 2.27. The van der Waals surface area contributed by atoms with Crippen LogP contribution < -0.4 is 0 Å². The lowest BCUT2D eigenvalue weighted by Gasteiger charge is -2.16. The molecule has 0 saturated carbocycles. The lowest BCUT2D eigenvalue weighted by Crippen LogP contribution is -2.30. The van der Waals surface area contributed by atoms with Crippen molar-refractivity contribution in [3.8, 4) is 0 Å². The van der Waals surface area contributed by atoms with E-state index >= 15 is 0 Å². The van der Waals surface area contributed by atoms with Crippen molar-refractivity contribution >= 4 is 31.9 Å². The lowest BCUT2D eigenvalue weighted by molar-refractivity contribution is -0.141. The van der Waals surface area contributed by atoms with Gasteiger partial charge in [0.15, 0.2) is 0 Å². The first kappa shape index (κ1) is 14.5. The molecule has 0 radical (unpaired) electrons. The van der Waals surface area contributed by atoms with E-state index in [0.29, 0.717) is 6.42 Å². The monoisotopic (exact) mass is 347 g/mol. The van der Waals surface area contributed by atoms with E-state index in [2.05, 4.69) is 15.9 Å². The fourth-order valence-electron chi connectivity index (χ4n) is 2.07. The summed E-state index contributed by atoms with van der Waals surface area (Å²) in [5, 5.41) is 8.92. The zero-order valence-electron chi connectivity index (χ0n) is 10.3. The SMILES string of the molecule is Cc1cc(S(=O)(=O)N2CC[C@@H](C(=O)O)C2)ccc1Br. The highest BCUT2D eigenvalue weighted by Gasteiger charge is 2.35. The molecule has 0 spiro atoms. The van der Waals surface area contributed by atoms with Crippen LogP contribution in [0.2, 0.25) is 0 Å². The summed E-state index contributed by atoms with van der Waals surface area (Å²) in [5.41, 5.74) is 0.829. The van der Waals surface area contributed by atoms with Gasteiger partial charge in [-0.05, 0) is 37.1 Å². The van der Waals surface area contributed by atoms with Crippen LogP contribution in [-0.2, 0) is 14.8 Å². The molecule has 1 saturated heterocycles. The Labute approximate surface area is 120 Å². The second-order valence-electron chi connectivity index (χ2n) is 4.60. The third kappa shape index (κ3) is 2.82. The summed E-state index contributed by atoms with van der Waals surface area (Å²) >= 11 is 3.32. The van der Waals surface area contributed by atoms with Gasteiger partial charge in [0.1, 0.15) is 0 Å². The molecule has 0 amide bonds. The van der Waals surface area contributed by atoms with Crippen molar-refractivity contribution in [2.75, 3.05) is 13.1 Å². The number of benzene rings is 1. The van der Waals surface area contributed by atoms with Crippen molar-refractivity contribution in [2.45, 2.75) is 18.2 Å². The van der Waals surface area contributed by atoms with Gasteiger partial charge >= 0.3 is 5.97 Å². The maximum atomic E-state index is 12.4. The minimum absolute atomic E-state index is 0.0484. The maximum absolute atomic E-state index is 12.4. The quantitative estimate of drug-likeness (QED) is 0.905. The van der Waals surface area contributed by atoms with Gasteiger partial charge in [-0.1, -0.05) is 15.9 Å². The summed E-state index contributed by atoms with van der Waals surface area (Å²) in [6.45, 7) is 2.12. The van der Waals surface area contributed by atoms with E-state index in [9.17, 15) is 13.2 Å². The number of carboxylic acids is 1. The van der Waals surface area contributed by atoms with Crippen molar-refractivity contribution in [3.05, 3.63) is 28.2 Å². The molecule has 1 heterocycles. The smallest absolute Gasteiger partial charge is 0.307 e. The van der Waals surface area contributed by atoms with E-state index in [1.165, 1.54) is 10.4 Å². The number of sulfonamides is 1. The summed E-state index contributed by atoms with van der Waals surface area (Å²) in [5.74, 6) is -1.55. The van der Waals surface area contributed by atoms with Gasteiger partial charge in [-0.2, -0.15) is 4.31 Å². The van der Waals surface area contributed by atoms with Gasteiger partial charge in [-0.25, -0.2) is 8.42 Å². The Morgan fingerprint density at radius 3 is 2.68 bits per heavy atom. The Bertz CT molecular complexity index is 614. The predicted molar refractivity (Wildman–Crippen MR) is 73.4 cm³/mol. The number of carboxylic acid groups (broad SMARTS) is 1. The van der Waals surface area contributed by atoms with Crippen LogP contribution in [0, 0.1) is 12.8 Å². The summed E-state index contributed by atoms with van der Waals surface area (Å²) in [4.78, 5) is 11.1. The van der Waals surface area contributed by atoms with Crippen LogP contribution in [0.1, 0.15) is 12.0 Å². The molecule has 0 aromatic heterocycles. The van der Waals surface area contributed by atoms with Crippen LogP contribution >= 0.6 is 15.9 Å². The molecule has 1 atom stereocenters. The molecule has 0 unspecified atom stereocenters. The average molecular weight is 348 g/mol. The van der Waals surface area contributed by atoms with Gasteiger partial charge in [0.2, 0.25) is 10.0 Å². The van der Waals surface area contributed by atoms with E-state index in [-0.39, 0.29) is 18.0 Å². The van der Waals surface area contributed by atoms with Gasteiger partial charge in [0, 0.05) is 17.6 Å². The fraction of sp³-hybridized carbons (Fsp3) is 0.417. The number of aryl methyl sites for hydroxylation is 1. The topological polar surface area (TPSA) is 74.7 Å². The van der Waals surface area contributed by atoms with Crippen LogP contribution in [0.3, 0.4) is 0 Å². The molecule has 7 heteroatoms.